The third-order valence-corrected chi connectivity index (χ3v) is 5.89. The van der Waals surface area contributed by atoms with Crippen molar-refractivity contribution >= 4 is 11.0 Å². The summed E-state index contributed by atoms with van der Waals surface area (Å²) < 4.78 is 2.13. The number of fused-ring (bicyclic) bond motifs is 1. The largest absolute Gasteiger partial charge is 0.507 e. The van der Waals surface area contributed by atoms with Crippen molar-refractivity contribution in [1.29, 1.82) is 0 Å². The molecule has 2 aromatic heterocycles. The van der Waals surface area contributed by atoms with E-state index in [1.54, 1.807) is 12.1 Å². The Hall–Kier alpha value is -3.18. The zero-order chi connectivity index (χ0) is 19.8. The number of piperidine rings is 1. The zero-order valence-corrected chi connectivity index (χ0v) is 16.4. The summed E-state index contributed by atoms with van der Waals surface area (Å²) >= 11 is 0. The summed E-state index contributed by atoms with van der Waals surface area (Å²) in [5.74, 6) is 0.833. The molecule has 5 heteroatoms. The van der Waals surface area contributed by atoms with E-state index >= 15 is 0 Å². The molecule has 0 amide bonds. The maximum atomic E-state index is 10.2. The predicted octanol–water partition coefficient (Wildman–Crippen LogP) is 4.65. The monoisotopic (exact) mass is 384 g/mol. The SMILES string of the molecule is CC1CC(c2ccc(-n3ccc4nnc(-c5ccccc5O)cc43)cc2)CCN1. The average molecular weight is 384 g/mol. The van der Waals surface area contributed by atoms with Gasteiger partial charge in [0.15, 0.2) is 0 Å². The number of nitrogens with one attached hydrogen (secondary N) is 1. The normalized spacial score (nSPS) is 19.5. The second-order valence-electron chi connectivity index (χ2n) is 7.87. The third kappa shape index (κ3) is 3.38. The highest BCUT2D eigenvalue weighted by molar-refractivity contribution is 5.82. The molecular weight excluding hydrogens is 360 g/mol. The van der Waals surface area contributed by atoms with Gasteiger partial charge in [0, 0.05) is 23.5 Å². The number of aromatic nitrogens is 3. The maximum absolute atomic E-state index is 10.2. The molecule has 4 aromatic rings. The van der Waals surface area contributed by atoms with E-state index in [-0.39, 0.29) is 5.75 Å². The van der Waals surface area contributed by atoms with Crippen molar-refractivity contribution in [1.82, 2.24) is 20.1 Å². The van der Waals surface area contributed by atoms with Crippen molar-refractivity contribution in [3.05, 3.63) is 72.4 Å². The Morgan fingerprint density at radius 3 is 2.66 bits per heavy atom. The number of hydrogen-bond donors (Lipinski definition) is 2. The van der Waals surface area contributed by atoms with Crippen LogP contribution in [-0.4, -0.2) is 32.5 Å². The Morgan fingerprint density at radius 2 is 1.86 bits per heavy atom. The molecule has 1 fully saturated rings. The fraction of sp³-hybridized carbons (Fsp3) is 0.250. The first-order chi connectivity index (χ1) is 14.2. The molecular formula is C24H24N4O. The van der Waals surface area contributed by atoms with Crippen LogP contribution in [0.15, 0.2) is 66.9 Å². The minimum absolute atomic E-state index is 0.208. The number of benzene rings is 2. The van der Waals surface area contributed by atoms with Gasteiger partial charge in [-0.25, -0.2) is 0 Å². The minimum atomic E-state index is 0.208. The lowest BCUT2D eigenvalue weighted by molar-refractivity contribution is 0.381. The van der Waals surface area contributed by atoms with Crippen LogP contribution in [0.5, 0.6) is 5.75 Å². The molecule has 0 saturated carbocycles. The van der Waals surface area contributed by atoms with E-state index in [1.807, 2.05) is 30.5 Å². The van der Waals surface area contributed by atoms with Gasteiger partial charge in [0.1, 0.15) is 11.3 Å². The highest BCUT2D eigenvalue weighted by atomic mass is 16.3. The number of aromatic hydroxyl groups is 1. The quantitative estimate of drug-likeness (QED) is 0.540. The number of rotatable bonds is 3. The van der Waals surface area contributed by atoms with Crippen LogP contribution in [0, 0.1) is 0 Å². The lowest BCUT2D eigenvalue weighted by atomic mass is 9.87. The molecule has 2 unspecified atom stereocenters. The Bertz CT molecular complexity index is 1150. The second-order valence-corrected chi connectivity index (χ2v) is 7.87. The van der Waals surface area contributed by atoms with Gasteiger partial charge < -0.3 is 15.0 Å². The minimum Gasteiger partial charge on any atom is -0.507 e. The molecule has 1 aliphatic heterocycles. The van der Waals surface area contributed by atoms with E-state index in [2.05, 4.69) is 51.3 Å². The third-order valence-electron chi connectivity index (χ3n) is 5.89. The molecule has 5 rings (SSSR count). The zero-order valence-electron chi connectivity index (χ0n) is 16.4. The smallest absolute Gasteiger partial charge is 0.125 e. The van der Waals surface area contributed by atoms with Gasteiger partial charge in [-0.05, 0) is 74.2 Å². The van der Waals surface area contributed by atoms with Crippen LogP contribution in [-0.2, 0) is 0 Å². The molecule has 2 N–H and O–H groups in total. The number of hydrogen-bond acceptors (Lipinski definition) is 4. The average Bonchev–Trinajstić information content (AvgIpc) is 3.17. The van der Waals surface area contributed by atoms with Gasteiger partial charge >= 0.3 is 0 Å². The number of nitrogens with zero attached hydrogens (tertiary/aromatic N) is 3. The summed E-state index contributed by atoms with van der Waals surface area (Å²) in [5, 5.41) is 22.3. The number of phenols is 1. The summed E-state index contributed by atoms with van der Waals surface area (Å²) in [6.07, 6.45) is 4.40. The Labute approximate surface area is 170 Å². The van der Waals surface area contributed by atoms with Crippen LogP contribution in [0.3, 0.4) is 0 Å². The van der Waals surface area contributed by atoms with Crippen LogP contribution in [0.4, 0.5) is 0 Å². The lowest BCUT2D eigenvalue weighted by Crippen LogP contribution is -2.34. The topological polar surface area (TPSA) is 63.0 Å². The summed E-state index contributed by atoms with van der Waals surface area (Å²) in [7, 11) is 0. The van der Waals surface area contributed by atoms with E-state index in [4.69, 9.17) is 0 Å². The molecule has 0 bridgehead atoms. The standard InChI is InChI=1S/C24H24N4O/c1-16-14-18(10-12-25-16)17-6-8-19(9-7-17)28-13-11-21-23(28)15-22(27-26-21)20-4-2-3-5-24(20)29/h2-9,11,13,15-16,18,25,29H,10,12,14H2,1H3. The van der Waals surface area contributed by atoms with Crippen molar-refractivity contribution in [2.45, 2.75) is 31.7 Å². The highest BCUT2D eigenvalue weighted by Gasteiger charge is 2.20. The van der Waals surface area contributed by atoms with Crippen LogP contribution in [0.2, 0.25) is 0 Å². The van der Waals surface area contributed by atoms with Crippen LogP contribution in [0.25, 0.3) is 28.0 Å². The van der Waals surface area contributed by atoms with Crippen LogP contribution < -0.4 is 5.32 Å². The van der Waals surface area contributed by atoms with Crippen molar-refractivity contribution in [2.75, 3.05) is 6.54 Å². The molecule has 2 atom stereocenters. The molecule has 0 radical (unpaired) electrons. The van der Waals surface area contributed by atoms with Gasteiger partial charge in [0.2, 0.25) is 0 Å². The fourth-order valence-electron chi connectivity index (χ4n) is 4.32. The van der Waals surface area contributed by atoms with Gasteiger partial charge in [-0.2, -0.15) is 0 Å². The second kappa shape index (κ2) is 7.33. The van der Waals surface area contributed by atoms with Gasteiger partial charge in [0.25, 0.3) is 0 Å². The fourth-order valence-corrected chi connectivity index (χ4v) is 4.32. The molecule has 1 aliphatic rings. The molecule has 2 aromatic carbocycles. The first-order valence-corrected chi connectivity index (χ1v) is 10.2. The van der Waals surface area contributed by atoms with E-state index in [9.17, 15) is 5.11 Å². The summed E-state index contributed by atoms with van der Waals surface area (Å²) in [4.78, 5) is 0. The summed E-state index contributed by atoms with van der Waals surface area (Å²) in [6, 6.07) is 20.6. The van der Waals surface area contributed by atoms with E-state index in [0.717, 1.165) is 23.3 Å². The number of phenolic OH excluding ortho intramolecular Hbond substituents is 1. The predicted molar refractivity (Wildman–Crippen MR) is 115 cm³/mol. The molecule has 146 valence electrons. The van der Waals surface area contributed by atoms with Crippen molar-refractivity contribution < 1.29 is 5.11 Å². The molecule has 29 heavy (non-hydrogen) atoms. The molecule has 0 spiro atoms. The van der Waals surface area contributed by atoms with Gasteiger partial charge in [-0.15, -0.1) is 10.2 Å². The van der Waals surface area contributed by atoms with Gasteiger partial charge in [-0.1, -0.05) is 24.3 Å². The molecule has 1 saturated heterocycles. The summed E-state index contributed by atoms with van der Waals surface area (Å²) in [5.41, 5.74) is 5.66. The summed E-state index contributed by atoms with van der Waals surface area (Å²) in [6.45, 7) is 3.35. The Balaban J connectivity index is 1.50. The van der Waals surface area contributed by atoms with Crippen LogP contribution >= 0.6 is 0 Å². The van der Waals surface area contributed by atoms with Crippen molar-refractivity contribution in [2.24, 2.45) is 0 Å². The van der Waals surface area contributed by atoms with Crippen LogP contribution in [0.1, 0.15) is 31.2 Å². The first-order valence-electron chi connectivity index (χ1n) is 10.2. The molecule has 5 nitrogen and oxygen atoms in total. The van der Waals surface area contributed by atoms with E-state index < -0.39 is 0 Å². The molecule has 0 aliphatic carbocycles. The Morgan fingerprint density at radius 1 is 1.03 bits per heavy atom. The van der Waals surface area contributed by atoms with E-state index in [0.29, 0.717) is 23.2 Å². The van der Waals surface area contributed by atoms with Crippen molar-refractivity contribution in [3.63, 3.8) is 0 Å². The van der Waals surface area contributed by atoms with Gasteiger partial charge in [0.05, 0.1) is 11.2 Å². The first kappa shape index (κ1) is 17.9. The molecule has 3 heterocycles. The van der Waals surface area contributed by atoms with E-state index in [1.165, 1.54) is 18.4 Å². The highest BCUT2D eigenvalue weighted by Crippen LogP contribution is 2.31. The number of para-hydroxylation sites is 1. The maximum Gasteiger partial charge on any atom is 0.125 e. The Kier molecular flexibility index (Phi) is 4.52. The van der Waals surface area contributed by atoms with Crippen molar-refractivity contribution in [3.8, 4) is 22.7 Å². The lowest BCUT2D eigenvalue weighted by Gasteiger charge is -2.28. The van der Waals surface area contributed by atoms with Gasteiger partial charge in [-0.3, -0.25) is 0 Å².